The predicted molar refractivity (Wildman–Crippen MR) is 116 cm³/mol. The second kappa shape index (κ2) is 10.0. The fourth-order valence-corrected chi connectivity index (χ4v) is 4.30. The summed E-state index contributed by atoms with van der Waals surface area (Å²) >= 11 is 1.26. The Balaban J connectivity index is 1.30. The predicted octanol–water partition coefficient (Wildman–Crippen LogP) is 3.78. The first-order valence-electron chi connectivity index (χ1n) is 10.1. The fraction of sp³-hybridized carbons (Fsp3) is 0.318. The number of hydrogen-bond acceptors (Lipinski definition) is 6. The average molecular weight is 444 g/mol. The van der Waals surface area contributed by atoms with E-state index in [0.29, 0.717) is 18.8 Å². The van der Waals surface area contributed by atoms with Crippen LogP contribution in [0.2, 0.25) is 0 Å². The molecule has 1 N–H and O–H groups in total. The van der Waals surface area contributed by atoms with Gasteiger partial charge < -0.3 is 5.32 Å². The van der Waals surface area contributed by atoms with Crippen LogP contribution in [0.5, 0.6) is 0 Å². The van der Waals surface area contributed by atoms with Crippen molar-refractivity contribution in [2.45, 2.75) is 19.5 Å². The molecule has 0 bridgehead atoms. The van der Waals surface area contributed by atoms with Crippen LogP contribution in [0.15, 0.2) is 48.5 Å². The number of amides is 1. The molecule has 2 heterocycles. The molecule has 1 saturated heterocycles. The summed E-state index contributed by atoms with van der Waals surface area (Å²) < 4.78 is 26.9. The summed E-state index contributed by atoms with van der Waals surface area (Å²) in [6.45, 7) is 4.72. The Hall–Kier alpha value is -2.75. The van der Waals surface area contributed by atoms with Crippen LogP contribution >= 0.6 is 11.3 Å². The van der Waals surface area contributed by atoms with Crippen LogP contribution in [0.4, 0.5) is 14.5 Å². The summed E-state index contributed by atoms with van der Waals surface area (Å²) in [6, 6.07) is 12.5. The number of halogens is 2. The van der Waals surface area contributed by atoms with Crippen molar-refractivity contribution in [3.05, 3.63) is 75.7 Å². The Bertz CT molecular complexity index is 1030. The molecular weight excluding hydrogens is 420 g/mol. The van der Waals surface area contributed by atoms with Crippen LogP contribution in [-0.2, 0) is 13.1 Å². The molecule has 162 valence electrons. The maximum absolute atomic E-state index is 13.9. The molecule has 2 aromatic carbocycles. The summed E-state index contributed by atoms with van der Waals surface area (Å²) in [6.07, 6.45) is 0.977. The molecule has 31 heavy (non-hydrogen) atoms. The first-order valence-corrected chi connectivity index (χ1v) is 11.0. The first kappa shape index (κ1) is 21.5. The minimum Gasteiger partial charge on any atom is -0.320 e. The lowest BCUT2D eigenvalue weighted by atomic mass is 10.2. The van der Waals surface area contributed by atoms with Gasteiger partial charge in [-0.3, -0.25) is 14.6 Å². The second-order valence-corrected chi connectivity index (χ2v) is 8.52. The van der Waals surface area contributed by atoms with Crippen molar-refractivity contribution < 1.29 is 13.6 Å². The lowest BCUT2D eigenvalue weighted by Crippen LogP contribution is -2.30. The molecule has 1 aromatic heterocycles. The highest BCUT2D eigenvalue weighted by Crippen LogP contribution is 2.17. The van der Waals surface area contributed by atoms with Gasteiger partial charge in [0.25, 0.3) is 5.91 Å². The number of hydrogen-bond donors (Lipinski definition) is 1. The van der Waals surface area contributed by atoms with Gasteiger partial charge >= 0.3 is 0 Å². The van der Waals surface area contributed by atoms with Gasteiger partial charge in [-0.15, -0.1) is 10.2 Å². The van der Waals surface area contributed by atoms with Crippen LogP contribution in [0, 0.1) is 11.6 Å². The van der Waals surface area contributed by atoms with Crippen molar-refractivity contribution in [1.82, 2.24) is 20.0 Å². The minimum absolute atomic E-state index is 0.163. The number of aromatic nitrogens is 2. The molecule has 0 atom stereocenters. The number of carbonyl (C=O) groups is 1. The summed E-state index contributed by atoms with van der Waals surface area (Å²) in [5.41, 5.74) is 1.22. The minimum atomic E-state index is -0.360. The van der Waals surface area contributed by atoms with Gasteiger partial charge in [-0.05, 0) is 49.8 Å². The number of nitrogens with one attached hydrogen (secondary N) is 1. The van der Waals surface area contributed by atoms with Crippen molar-refractivity contribution in [2.24, 2.45) is 0 Å². The topological polar surface area (TPSA) is 61.4 Å². The van der Waals surface area contributed by atoms with Gasteiger partial charge in [0.05, 0.1) is 6.54 Å². The van der Waals surface area contributed by atoms with Gasteiger partial charge in [-0.2, -0.15) is 0 Å². The molecule has 6 nitrogen and oxygen atoms in total. The number of anilines is 1. The molecule has 4 rings (SSSR count). The Kier molecular flexibility index (Phi) is 6.96. The summed E-state index contributed by atoms with van der Waals surface area (Å²) in [5, 5.41) is 11.9. The number of rotatable bonds is 6. The lowest BCUT2D eigenvalue weighted by Gasteiger charge is -2.21. The highest BCUT2D eigenvalue weighted by atomic mass is 32.1. The molecule has 0 unspecified atom stereocenters. The molecule has 0 aliphatic carbocycles. The van der Waals surface area contributed by atoms with E-state index < -0.39 is 0 Å². The third kappa shape index (κ3) is 5.90. The standard InChI is InChI=1S/C22H23F2N5OS/c23-17-6-8-18(9-7-17)25-21(30)22-27-26-20(31-22)15-29-11-3-10-28(12-13-29)14-16-4-1-2-5-19(16)24/h1-2,4-9H,3,10-15H2,(H,25,30). The van der Waals surface area contributed by atoms with Crippen LogP contribution in [0.1, 0.15) is 26.8 Å². The van der Waals surface area contributed by atoms with Crippen molar-refractivity contribution in [2.75, 3.05) is 31.5 Å². The van der Waals surface area contributed by atoms with Gasteiger partial charge in [0.1, 0.15) is 16.6 Å². The number of benzene rings is 2. The van der Waals surface area contributed by atoms with Crippen LogP contribution in [0.3, 0.4) is 0 Å². The molecule has 1 aliphatic heterocycles. The van der Waals surface area contributed by atoms with Crippen molar-refractivity contribution in [3.63, 3.8) is 0 Å². The monoisotopic (exact) mass is 443 g/mol. The number of nitrogens with zero attached hydrogens (tertiary/aromatic N) is 4. The van der Waals surface area contributed by atoms with E-state index in [4.69, 9.17) is 0 Å². The third-order valence-electron chi connectivity index (χ3n) is 5.15. The summed E-state index contributed by atoms with van der Waals surface area (Å²) in [5.74, 6) is -0.882. The van der Waals surface area contributed by atoms with E-state index in [1.54, 1.807) is 6.07 Å². The zero-order valence-electron chi connectivity index (χ0n) is 16.9. The number of carbonyl (C=O) groups excluding carboxylic acids is 1. The molecule has 0 radical (unpaired) electrons. The van der Waals surface area contributed by atoms with E-state index in [0.717, 1.165) is 43.2 Å². The quantitative estimate of drug-likeness (QED) is 0.628. The molecule has 0 saturated carbocycles. The van der Waals surface area contributed by atoms with Crippen LogP contribution in [0.25, 0.3) is 0 Å². The Labute approximate surface area is 183 Å². The SMILES string of the molecule is O=C(Nc1ccc(F)cc1)c1nnc(CN2CCCN(Cc3ccccc3F)CC2)s1. The molecule has 1 fully saturated rings. The van der Waals surface area contributed by atoms with Crippen LogP contribution in [-0.4, -0.2) is 52.1 Å². The largest absolute Gasteiger partial charge is 0.320 e. The fourth-order valence-electron chi connectivity index (χ4n) is 3.53. The zero-order valence-corrected chi connectivity index (χ0v) is 17.7. The van der Waals surface area contributed by atoms with Gasteiger partial charge in [0.15, 0.2) is 0 Å². The van der Waals surface area contributed by atoms with Gasteiger partial charge in [0.2, 0.25) is 5.01 Å². The normalized spacial score (nSPS) is 15.5. The Morgan fingerprint density at radius 3 is 2.39 bits per heavy atom. The van der Waals surface area contributed by atoms with E-state index in [2.05, 4.69) is 25.3 Å². The van der Waals surface area contributed by atoms with Crippen LogP contribution < -0.4 is 5.32 Å². The van der Waals surface area contributed by atoms with E-state index in [-0.39, 0.29) is 22.5 Å². The van der Waals surface area contributed by atoms with Crippen molar-refractivity contribution >= 4 is 22.9 Å². The van der Waals surface area contributed by atoms with E-state index in [1.165, 1.54) is 41.7 Å². The molecule has 1 amide bonds. The van der Waals surface area contributed by atoms with E-state index in [1.807, 2.05) is 12.1 Å². The maximum Gasteiger partial charge on any atom is 0.286 e. The van der Waals surface area contributed by atoms with Crippen molar-refractivity contribution in [3.8, 4) is 0 Å². The molecule has 1 aliphatic rings. The summed E-state index contributed by atoms with van der Waals surface area (Å²) in [4.78, 5) is 16.9. The third-order valence-corrected chi connectivity index (χ3v) is 6.06. The molecule has 0 spiro atoms. The van der Waals surface area contributed by atoms with E-state index in [9.17, 15) is 13.6 Å². The first-order chi connectivity index (χ1) is 15.1. The van der Waals surface area contributed by atoms with Gasteiger partial charge in [-0.1, -0.05) is 29.5 Å². The Morgan fingerprint density at radius 1 is 0.935 bits per heavy atom. The lowest BCUT2D eigenvalue weighted by molar-refractivity contribution is 0.102. The maximum atomic E-state index is 13.9. The highest BCUT2D eigenvalue weighted by molar-refractivity contribution is 7.13. The molecular formula is C22H23F2N5OS. The molecule has 9 heteroatoms. The van der Waals surface area contributed by atoms with Crippen molar-refractivity contribution in [1.29, 1.82) is 0 Å². The smallest absolute Gasteiger partial charge is 0.286 e. The van der Waals surface area contributed by atoms with Gasteiger partial charge in [-0.25, -0.2) is 8.78 Å². The second-order valence-electron chi connectivity index (χ2n) is 7.46. The average Bonchev–Trinajstić information content (AvgIpc) is 3.12. The van der Waals surface area contributed by atoms with E-state index >= 15 is 0 Å². The highest BCUT2D eigenvalue weighted by Gasteiger charge is 2.19. The Morgan fingerprint density at radius 2 is 1.65 bits per heavy atom. The zero-order chi connectivity index (χ0) is 21.6. The summed E-state index contributed by atoms with van der Waals surface area (Å²) in [7, 11) is 0. The van der Waals surface area contributed by atoms with Gasteiger partial charge in [0, 0.05) is 30.9 Å². The molecule has 3 aromatic rings.